The second-order valence-electron chi connectivity index (χ2n) is 6.77. The third-order valence-electron chi connectivity index (χ3n) is 4.71. The molecule has 0 saturated carbocycles. The van der Waals surface area contributed by atoms with Crippen LogP contribution in [0.5, 0.6) is 5.75 Å². The van der Waals surface area contributed by atoms with E-state index in [-0.39, 0.29) is 11.3 Å². The highest BCUT2D eigenvalue weighted by atomic mass is 16.5. The number of rotatable bonds is 6. The number of hydrogen-bond acceptors (Lipinski definition) is 6. The van der Waals surface area contributed by atoms with E-state index in [0.717, 1.165) is 4.68 Å². The largest absolute Gasteiger partial charge is 0.495 e. The average Bonchev–Trinajstić information content (AvgIpc) is 2.84. The molecule has 1 amide bonds. The van der Waals surface area contributed by atoms with Crippen molar-refractivity contribution in [1.82, 2.24) is 9.78 Å². The third kappa shape index (κ3) is 4.20. The zero-order valence-corrected chi connectivity index (χ0v) is 17.1. The van der Waals surface area contributed by atoms with Crippen molar-refractivity contribution in [3.8, 4) is 11.4 Å². The Morgan fingerprint density at radius 1 is 0.906 bits per heavy atom. The van der Waals surface area contributed by atoms with E-state index in [4.69, 9.17) is 9.47 Å². The van der Waals surface area contributed by atoms with Crippen LogP contribution in [0.1, 0.15) is 10.5 Å². The van der Waals surface area contributed by atoms with Gasteiger partial charge >= 0.3 is 5.97 Å². The predicted molar refractivity (Wildman–Crippen MR) is 119 cm³/mol. The van der Waals surface area contributed by atoms with E-state index in [1.54, 1.807) is 72.8 Å². The van der Waals surface area contributed by atoms with E-state index in [1.165, 1.54) is 7.11 Å². The van der Waals surface area contributed by atoms with Crippen molar-refractivity contribution < 1.29 is 19.1 Å². The lowest BCUT2D eigenvalue weighted by Crippen LogP contribution is -2.26. The highest BCUT2D eigenvalue weighted by molar-refractivity contribution is 6.03. The number of fused-ring (bicyclic) bond motifs is 1. The van der Waals surface area contributed by atoms with Crippen molar-refractivity contribution in [3.05, 3.63) is 94.9 Å². The molecule has 0 fully saturated rings. The summed E-state index contributed by atoms with van der Waals surface area (Å²) in [5.74, 6) is -0.876. The lowest BCUT2D eigenvalue weighted by atomic mass is 10.1. The molecule has 0 aliphatic carbocycles. The van der Waals surface area contributed by atoms with Gasteiger partial charge in [0.15, 0.2) is 12.3 Å². The van der Waals surface area contributed by atoms with Gasteiger partial charge in [0.2, 0.25) is 0 Å². The highest BCUT2D eigenvalue weighted by Crippen LogP contribution is 2.23. The molecule has 0 aliphatic rings. The first-order valence-corrected chi connectivity index (χ1v) is 9.76. The molecule has 1 N–H and O–H groups in total. The first-order valence-electron chi connectivity index (χ1n) is 9.76. The summed E-state index contributed by atoms with van der Waals surface area (Å²) in [5.41, 5.74) is 0.537. The minimum atomic E-state index is -0.818. The van der Waals surface area contributed by atoms with E-state index < -0.39 is 18.5 Å². The van der Waals surface area contributed by atoms with Crippen LogP contribution in [-0.2, 0) is 9.53 Å². The molecule has 3 aromatic carbocycles. The Hall–Kier alpha value is -4.46. The zero-order valence-electron chi connectivity index (χ0n) is 17.1. The van der Waals surface area contributed by atoms with Gasteiger partial charge in [0, 0.05) is 5.39 Å². The monoisotopic (exact) mass is 429 g/mol. The molecule has 0 radical (unpaired) electrons. The van der Waals surface area contributed by atoms with E-state index in [0.29, 0.717) is 27.9 Å². The average molecular weight is 429 g/mol. The number of nitrogens with zero attached hydrogens (tertiary/aromatic N) is 2. The molecular formula is C24H19N3O5. The number of anilines is 1. The van der Waals surface area contributed by atoms with E-state index in [9.17, 15) is 14.4 Å². The minimum Gasteiger partial charge on any atom is -0.495 e. The van der Waals surface area contributed by atoms with E-state index in [2.05, 4.69) is 10.4 Å². The standard InChI is InChI=1S/C24H19N3O5/c1-31-20-14-8-7-13-19(20)25-21(28)15-32-24(30)22-17-11-5-6-12-18(17)23(29)27(26-22)16-9-3-2-4-10-16/h2-14H,15H2,1H3,(H,25,28). The van der Waals surface area contributed by atoms with Gasteiger partial charge in [-0.25, -0.2) is 4.79 Å². The summed E-state index contributed by atoms with van der Waals surface area (Å²) >= 11 is 0. The van der Waals surface area contributed by atoms with Crippen LogP contribution in [0.3, 0.4) is 0 Å². The van der Waals surface area contributed by atoms with Gasteiger partial charge < -0.3 is 14.8 Å². The molecule has 1 aromatic heterocycles. The summed E-state index contributed by atoms with van der Waals surface area (Å²) < 4.78 is 11.5. The number of aromatic nitrogens is 2. The molecule has 0 saturated heterocycles. The minimum absolute atomic E-state index is 0.0610. The van der Waals surface area contributed by atoms with Gasteiger partial charge in [-0.1, -0.05) is 48.5 Å². The van der Waals surface area contributed by atoms with Crippen molar-refractivity contribution in [2.24, 2.45) is 0 Å². The Morgan fingerprint density at radius 2 is 1.56 bits per heavy atom. The topological polar surface area (TPSA) is 99.5 Å². The quantitative estimate of drug-likeness (QED) is 0.473. The predicted octanol–water partition coefficient (Wildman–Crippen LogP) is 3.19. The smallest absolute Gasteiger partial charge is 0.359 e. The lowest BCUT2D eigenvalue weighted by molar-refractivity contribution is -0.119. The molecule has 8 nitrogen and oxygen atoms in total. The van der Waals surface area contributed by atoms with Crippen LogP contribution in [-0.4, -0.2) is 35.4 Å². The van der Waals surface area contributed by atoms with Crippen LogP contribution in [0.25, 0.3) is 16.5 Å². The van der Waals surface area contributed by atoms with Crippen LogP contribution in [0.15, 0.2) is 83.7 Å². The number of carbonyl (C=O) groups excluding carboxylic acids is 2. The molecule has 0 bridgehead atoms. The van der Waals surface area contributed by atoms with E-state index in [1.807, 2.05) is 6.07 Å². The van der Waals surface area contributed by atoms with Crippen molar-refractivity contribution in [3.63, 3.8) is 0 Å². The van der Waals surface area contributed by atoms with Crippen LogP contribution >= 0.6 is 0 Å². The summed E-state index contributed by atoms with van der Waals surface area (Å²) in [6.45, 7) is -0.530. The number of ether oxygens (including phenoxy) is 2. The zero-order chi connectivity index (χ0) is 22.5. The molecule has 4 aromatic rings. The number of para-hydroxylation sites is 3. The van der Waals surface area contributed by atoms with Gasteiger partial charge in [-0.3, -0.25) is 9.59 Å². The van der Waals surface area contributed by atoms with Gasteiger partial charge in [0.05, 0.1) is 23.9 Å². The molecule has 0 spiro atoms. The second kappa shape index (κ2) is 9.13. The molecule has 0 unspecified atom stereocenters. The summed E-state index contributed by atoms with van der Waals surface area (Å²) in [6, 6.07) is 22.3. The maximum atomic E-state index is 12.9. The van der Waals surface area contributed by atoms with Crippen molar-refractivity contribution in [2.45, 2.75) is 0 Å². The lowest BCUT2D eigenvalue weighted by Gasteiger charge is -2.12. The molecule has 160 valence electrons. The number of amides is 1. The Balaban J connectivity index is 1.60. The van der Waals surface area contributed by atoms with Crippen molar-refractivity contribution in [2.75, 3.05) is 19.0 Å². The van der Waals surface area contributed by atoms with Gasteiger partial charge in [-0.2, -0.15) is 9.78 Å². The van der Waals surface area contributed by atoms with Crippen molar-refractivity contribution in [1.29, 1.82) is 0 Å². The van der Waals surface area contributed by atoms with Crippen LogP contribution in [0.2, 0.25) is 0 Å². The van der Waals surface area contributed by atoms with Crippen LogP contribution < -0.4 is 15.6 Å². The summed E-state index contributed by atoms with van der Waals surface area (Å²) in [6.07, 6.45) is 0. The molecule has 32 heavy (non-hydrogen) atoms. The Morgan fingerprint density at radius 3 is 2.31 bits per heavy atom. The van der Waals surface area contributed by atoms with Gasteiger partial charge in [-0.15, -0.1) is 0 Å². The fourth-order valence-corrected chi connectivity index (χ4v) is 3.22. The number of hydrogen-bond donors (Lipinski definition) is 1. The maximum Gasteiger partial charge on any atom is 0.359 e. The number of esters is 1. The Labute approximate surface area is 183 Å². The molecular weight excluding hydrogens is 410 g/mol. The fourth-order valence-electron chi connectivity index (χ4n) is 3.22. The maximum absolute atomic E-state index is 12.9. The van der Waals surface area contributed by atoms with Gasteiger partial charge in [0.25, 0.3) is 11.5 Å². The van der Waals surface area contributed by atoms with Crippen molar-refractivity contribution >= 4 is 28.3 Å². The number of nitrogens with one attached hydrogen (secondary N) is 1. The third-order valence-corrected chi connectivity index (χ3v) is 4.71. The first-order chi connectivity index (χ1) is 15.6. The summed E-state index contributed by atoms with van der Waals surface area (Å²) in [4.78, 5) is 38.0. The van der Waals surface area contributed by atoms with Crippen LogP contribution in [0.4, 0.5) is 5.69 Å². The van der Waals surface area contributed by atoms with Gasteiger partial charge in [-0.05, 0) is 30.3 Å². The normalized spacial score (nSPS) is 10.5. The Kier molecular flexibility index (Phi) is 5.94. The summed E-state index contributed by atoms with van der Waals surface area (Å²) in [7, 11) is 1.49. The SMILES string of the molecule is COc1ccccc1NC(=O)COC(=O)c1nn(-c2ccccc2)c(=O)c2ccccc12. The first kappa shape index (κ1) is 20.8. The summed E-state index contributed by atoms with van der Waals surface area (Å²) in [5, 5.41) is 7.54. The molecule has 0 atom stereocenters. The number of carbonyl (C=O) groups is 2. The second-order valence-corrected chi connectivity index (χ2v) is 6.77. The molecule has 1 heterocycles. The number of benzene rings is 3. The molecule has 4 rings (SSSR count). The van der Waals surface area contributed by atoms with E-state index >= 15 is 0 Å². The van der Waals surface area contributed by atoms with Gasteiger partial charge in [0.1, 0.15) is 5.75 Å². The molecule has 0 aliphatic heterocycles. The van der Waals surface area contributed by atoms with Crippen LogP contribution in [0, 0.1) is 0 Å². The molecule has 8 heteroatoms. The Bertz CT molecular complexity index is 1350. The number of methoxy groups -OCH3 is 1. The fraction of sp³-hybridized carbons (Fsp3) is 0.0833. The highest BCUT2D eigenvalue weighted by Gasteiger charge is 2.20.